The van der Waals surface area contributed by atoms with Gasteiger partial charge in [0.2, 0.25) is 5.91 Å². The van der Waals surface area contributed by atoms with Gasteiger partial charge in [-0.15, -0.1) is 0 Å². The summed E-state index contributed by atoms with van der Waals surface area (Å²) >= 11 is 3.44. The Hall–Kier alpha value is -1.62. The topological polar surface area (TPSA) is 57.8 Å². The third-order valence-electron chi connectivity index (χ3n) is 3.19. The molecule has 1 fully saturated rings. The van der Waals surface area contributed by atoms with Crippen molar-refractivity contribution in [3.8, 4) is 0 Å². The first-order chi connectivity index (χ1) is 9.22. The van der Waals surface area contributed by atoms with E-state index in [9.17, 15) is 4.79 Å². The van der Waals surface area contributed by atoms with E-state index < -0.39 is 0 Å². The summed E-state index contributed by atoms with van der Waals surface area (Å²) in [6, 6.07) is 9.65. The molecule has 1 aromatic heterocycles. The number of anilines is 1. The van der Waals surface area contributed by atoms with Gasteiger partial charge in [-0.1, -0.05) is 34.1 Å². The van der Waals surface area contributed by atoms with E-state index in [0.29, 0.717) is 18.2 Å². The Morgan fingerprint density at radius 1 is 1.42 bits per heavy atom. The number of nitrogens with one attached hydrogen (secondary N) is 2. The van der Waals surface area contributed by atoms with Crippen LogP contribution in [0.3, 0.4) is 0 Å². The van der Waals surface area contributed by atoms with Crippen molar-refractivity contribution in [2.24, 2.45) is 0 Å². The second-order valence-corrected chi connectivity index (χ2v) is 5.65. The molecule has 0 atom stereocenters. The minimum atomic E-state index is -0.0549. The zero-order valence-corrected chi connectivity index (χ0v) is 11.9. The number of nitrogens with zero attached hydrogens (tertiary/aromatic N) is 1. The Bertz CT molecular complexity index is 604. The van der Waals surface area contributed by atoms with Crippen LogP contribution >= 0.6 is 15.9 Å². The van der Waals surface area contributed by atoms with Crippen LogP contribution in [0.4, 0.5) is 5.82 Å². The summed E-state index contributed by atoms with van der Waals surface area (Å²) in [6.45, 7) is 0. The second-order valence-electron chi connectivity index (χ2n) is 4.80. The predicted octanol–water partition coefficient (Wildman–Crippen LogP) is 3.23. The van der Waals surface area contributed by atoms with Crippen LogP contribution in [0.15, 0.2) is 34.8 Å². The molecule has 0 bridgehead atoms. The molecular weight excluding hydrogens is 306 g/mol. The van der Waals surface area contributed by atoms with Crippen LogP contribution in [0, 0.1) is 0 Å². The van der Waals surface area contributed by atoms with Crippen molar-refractivity contribution >= 4 is 27.7 Å². The Labute approximate surface area is 119 Å². The maximum atomic E-state index is 11.9. The number of amides is 1. The Morgan fingerprint density at radius 2 is 2.21 bits per heavy atom. The number of H-pyrrole nitrogens is 1. The molecule has 2 aromatic rings. The highest BCUT2D eigenvalue weighted by molar-refractivity contribution is 9.10. The first-order valence-electron chi connectivity index (χ1n) is 6.31. The van der Waals surface area contributed by atoms with Crippen LogP contribution in [-0.4, -0.2) is 16.1 Å². The summed E-state index contributed by atoms with van der Waals surface area (Å²) in [5.74, 6) is 1.17. The molecule has 4 nitrogen and oxygen atoms in total. The predicted molar refractivity (Wildman–Crippen MR) is 77.0 cm³/mol. The fourth-order valence-corrected chi connectivity index (χ4v) is 2.43. The lowest BCUT2D eigenvalue weighted by atomic mass is 10.1. The van der Waals surface area contributed by atoms with Gasteiger partial charge in [-0.2, -0.15) is 5.10 Å². The normalized spacial score (nSPS) is 14.4. The molecule has 98 valence electrons. The molecule has 3 rings (SSSR count). The van der Waals surface area contributed by atoms with Crippen molar-refractivity contribution < 1.29 is 4.79 Å². The molecule has 1 aliphatic rings. The van der Waals surface area contributed by atoms with E-state index in [1.165, 1.54) is 12.8 Å². The maximum absolute atomic E-state index is 11.9. The highest BCUT2D eigenvalue weighted by Gasteiger charge is 2.25. The summed E-state index contributed by atoms with van der Waals surface area (Å²) in [5.41, 5.74) is 2.09. The number of halogens is 1. The Balaban J connectivity index is 1.62. The Kier molecular flexibility index (Phi) is 3.38. The molecule has 0 unspecified atom stereocenters. The van der Waals surface area contributed by atoms with Gasteiger partial charge in [-0.3, -0.25) is 9.89 Å². The highest BCUT2D eigenvalue weighted by atomic mass is 79.9. The van der Waals surface area contributed by atoms with E-state index in [2.05, 4.69) is 31.4 Å². The van der Waals surface area contributed by atoms with E-state index >= 15 is 0 Å². The summed E-state index contributed by atoms with van der Waals surface area (Å²) < 4.78 is 0.950. The van der Waals surface area contributed by atoms with Crippen molar-refractivity contribution in [2.45, 2.75) is 25.2 Å². The Morgan fingerprint density at radius 3 is 2.95 bits per heavy atom. The van der Waals surface area contributed by atoms with E-state index in [-0.39, 0.29) is 5.91 Å². The lowest BCUT2D eigenvalue weighted by molar-refractivity contribution is -0.115. The number of aromatic amines is 1. The van der Waals surface area contributed by atoms with Crippen molar-refractivity contribution in [1.82, 2.24) is 10.2 Å². The standard InChI is InChI=1S/C14H14BrN3O/c15-11-4-2-1-3-10(11)7-14(19)16-13-8-12(17-18-13)9-5-6-9/h1-4,8-9H,5-7H2,(H2,16,17,18,19). The van der Waals surface area contributed by atoms with Crippen LogP contribution in [0.25, 0.3) is 0 Å². The SMILES string of the molecule is O=C(Cc1ccccc1Br)Nc1cc(C2CC2)[nH]n1. The third kappa shape index (κ3) is 3.04. The third-order valence-corrected chi connectivity index (χ3v) is 3.96. The molecular formula is C14H14BrN3O. The van der Waals surface area contributed by atoms with E-state index in [1.54, 1.807) is 0 Å². The molecule has 1 saturated carbocycles. The molecule has 5 heteroatoms. The van der Waals surface area contributed by atoms with Crippen LogP contribution in [-0.2, 0) is 11.2 Å². The molecule has 1 heterocycles. The van der Waals surface area contributed by atoms with Crippen LogP contribution in [0.1, 0.15) is 30.0 Å². The minimum absolute atomic E-state index is 0.0549. The number of carbonyl (C=O) groups excluding carboxylic acids is 1. The fraction of sp³-hybridized carbons (Fsp3) is 0.286. The summed E-state index contributed by atoms with van der Waals surface area (Å²) in [6.07, 6.45) is 2.77. The average molecular weight is 320 g/mol. The molecule has 0 saturated heterocycles. The second kappa shape index (κ2) is 5.17. The van der Waals surface area contributed by atoms with Gasteiger partial charge in [0, 0.05) is 22.2 Å². The van der Waals surface area contributed by atoms with E-state index in [0.717, 1.165) is 15.7 Å². The number of benzene rings is 1. The molecule has 2 N–H and O–H groups in total. The quantitative estimate of drug-likeness (QED) is 0.909. The zero-order valence-electron chi connectivity index (χ0n) is 10.3. The molecule has 19 heavy (non-hydrogen) atoms. The summed E-state index contributed by atoms with van der Waals surface area (Å²) in [7, 11) is 0. The lowest BCUT2D eigenvalue weighted by Crippen LogP contribution is -2.14. The van der Waals surface area contributed by atoms with Crippen molar-refractivity contribution in [3.63, 3.8) is 0 Å². The van der Waals surface area contributed by atoms with Gasteiger partial charge in [0.1, 0.15) is 0 Å². The van der Waals surface area contributed by atoms with Gasteiger partial charge >= 0.3 is 0 Å². The fourth-order valence-electron chi connectivity index (χ4n) is 2.01. The van der Waals surface area contributed by atoms with Gasteiger partial charge in [-0.05, 0) is 24.5 Å². The largest absolute Gasteiger partial charge is 0.309 e. The lowest BCUT2D eigenvalue weighted by Gasteiger charge is -2.04. The van der Waals surface area contributed by atoms with Gasteiger partial charge in [0.05, 0.1) is 6.42 Å². The number of aromatic nitrogens is 2. The van der Waals surface area contributed by atoms with Crippen LogP contribution in [0.5, 0.6) is 0 Å². The van der Waals surface area contributed by atoms with Gasteiger partial charge in [0.15, 0.2) is 5.82 Å². The molecule has 1 amide bonds. The maximum Gasteiger partial charge on any atom is 0.230 e. The number of carbonyl (C=O) groups is 1. The van der Waals surface area contributed by atoms with Gasteiger partial charge in [0.25, 0.3) is 0 Å². The molecule has 1 aromatic carbocycles. The van der Waals surface area contributed by atoms with Crippen molar-refractivity contribution in [1.29, 1.82) is 0 Å². The first-order valence-corrected chi connectivity index (χ1v) is 7.10. The van der Waals surface area contributed by atoms with Crippen molar-refractivity contribution in [3.05, 3.63) is 46.1 Å². The van der Waals surface area contributed by atoms with Crippen molar-refractivity contribution in [2.75, 3.05) is 5.32 Å². The molecule has 0 aliphatic heterocycles. The molecule has 1 aliphatic carbocycles. The first kappa shape index (κ1) is 12.4. The number of hydrogen-bond donors (Lipinski definition) is 2. The van der Waals surface area contributed by atoms with Crippen LogP contribution < -0.4 is 5.32 Å². The van der Waals surface area contributed by atoms with Gasteiger partial charge in [-0.25, -0.2) is 0 Å². The van der Waals surface area contributed by atoms with Gasteiger partial charge < -0.3 is 5.32 Å². The monoisotopic (exact) mass is 319 g/mol. The summed E-state index contributed by atoms with van der Waals surface area (Å²) in [4.78, 5) is 11.9. The summed E-state index contributed by atoms with van der Waals surface area (Å²) in [5, 5.41) is 9.91. The van der Waals surface area contributed by atoms with Crippen LogP contribution in [0.2, 0.25) is 0 Å². The minimum Gasteiger partial charge on any atom is -0.309 e. The zero-order chi connectivity index (χ0) is 13.2. The molecule has 0 radical (unpaired) electrons. The van der Waals surface area contributed by atoms with E-state index in [1.807, 2.05) is 30.3 Å². The highest BCUT2D eigenvalue weighted by Crippen LogP contribution is 2.39. The number of rotatable bonds is 4. The molecule has 0 spiro atoms. The van der Waals surface area contributed by atoms with E-state index in [4.69, 9.17) is 0 Å². The number of hydrogen-bond acceptors (Lipinski definition) is 2. The average Bonchev–Trinajstić information content (AvgIpc) is 3.14. The smallest absolute Gasteiger partial charge is 0.230 e.